The minimum Gasteiger partial charge on any atom is -0.341 e. The molecule has 25 heavy (non-hydrogen) atoms. The molecule has 8 heteroatoms. The first-order chi connectivity index (χ1) is 12.0. The van der Waals surface area contributed by atoms with Crippen LogP contribution in [0.3, 0.4) is 0 Å². The SMILES string of the molecule is N#Cc1cc(F)ccc1Cn1c(N2CCC[C@@H](N)C2)ncc(F)c1=O. The highest BCUT2D eigenvalue weighted by Crippen LogP contribution is 2.19. The first-order valence-corrected chi connectivity index (χ1v) is 7.94. The number of nitrogens with zero attached hydrogens (tertiary/aromatic N) is 4. The lowest BCUT2D eigenvalue weighted by molar-refractivity contribution is 0.484. The van der Waals surface area contributed by atoms with Gasteiger partial charge in [-0.1, -0.05) is 6.07 Å². The maximum Gasteiger partial charge on any atom is 0.291 e. The zero-order valence-corrected chi connectivity index (χ0v) is 13.5. The molecule has 1 aliphatic rings. The summed E-state index contributed by atoms with van der Waals surface area (Å²) in [4.78, 5) is 18.2. The second-order valence-corrected chi connectivity index (χ2v) is 6.06. The summed E-state index contributed by atoms with van der Waals surface area (Å²) in [5.74, 6) is -1.23. The average Bonchev–Trinajstić information content (AvgIpc) is 2.60. The van der Waals surface area contributed by atoms with Gasteiger partial charge in [-0.15, -0.1) is 0 Å². The first-order valence-electron chi connectivity index (χ1n) is 7.94. The van der Waals surface area contributed by atoms with Crippen LogP contribution >= 0.6 is 0 Å². The van der Waals surface area contributed by atoms with Gasteiger partial charge in [0.05, 0.1) is 24.4 Å². The molecule has 2 aromatic rings. The van der Waals surface area contributed by atoms with Gasteiger partial charge in [0.1, 0.15) is 5.82 Å². The summed E-state index contributed by atoms with van der Waals surface area (Å²) in [5, 5.41) is 9.18. The Bertz CT molecular complexity index is 890. The van der Waals surface area contributed by atoms with Crippen LogP contribution in [0.25, 0.3) is 0 Å². The number of anilines is 1. The molecular weight excluding hydrogens is 328 g/mol. The molecule has 0 aliphatic carbocycles. The van der Waals surface area contributed by atoms with Crippen LogP contribution in [0.15, 0.2) is 29.2 Å². The van der Waals surface area contributed by atoms with E-state index in [0.29, 0.717) is 24.6 Å². The Balaban J connectivity index is 2.05. The zero-order valence-electron chi connectivity index (χ0n) is 13.5. The first kappa shape index (κ1) is 17.0. The molecule has 1 aromatic heterocycles. The fourth-order valence-corrected chi connectivity index (χ4v) is 3.01. The fourth-order valence-electron chi connectivity index (χ4n) is 3.01. The number of benzene rings is 1. The molecule has 2 N–H and O–H groups in total. The predicted molar refractivity (Wildman–Crippen MR) is 88.1 cm³/mol. The van der Waals surface area contributed by atoms with Crippen molar-refractivity contribution in [3.63, 3.8) is 0 Å². The highest BCUT2D eigenvalue weighted by Gasteiger charge is 2.22. The van der Waals surface area contributed by atoms with Crippen molar-refractivity contribution in [1.82, 2.24) is 9.55 Å². The Morgan fingerprint density at radius 2 is 2.20 bits per heavy atom. The molecular formula is C17H17F2N5O. The summed E-state index contributed by atoms with van der Waals surface area (Å²) >= 11 is 0. The molecule has 6 nitrogen and oxygen atoms in total. The zero-order chi connectivity index (χ0) is 18.0. The average molecular weight is 345 g/mol. The van der Waals surface area contributed by atoms with Gasteiger partial charge in [0, 0.05) is 19.1 Å². The largest absolute Gasteiger partial charge is 0.341 e. The van der Waals surface area contributed by atoms with Gasteiger partial charge in [-0.2, -0.15) is 9.65 Å². The molecule has 0 bridgehead atoms. The number of rotatable bonds is 3. The van der Waals surface area contributed by atoms with E-state index < -0.39 is 17.2 Å². The van der Waals surface area contributed by atoms with Gasteiger partial charge in [-0.25, -0.2) is 9.37 Å². The fraction of sp³-hybridized carbons (Fsp3) is 0.353. The van der Waals surface area contributed by atoms with Crippen LogP contribution < -0.4 is 16.2 Å². The number of nitrogens with two attached hydrogens (primary N) is 1. The maximum atomic E-state index is 13.8. The van der Waals surface area contributed by atoms with Crippen LogP contribution in [-0.4, -0.2) is 28.7 Å². The number of halogens is 2. The third-order valence-corrected chi connectivity index (χ3v) is 4.25. The van der Waals surface area contributed by atoms with Crippen LogP contribution in [0.1, 0.15) is 24.0 Å². The number of aromatic nitrogens is 2. The summed E-state index contributed by atoms with van der Waals surface area (Å²) in [6.45, 7) is 1.08. The van der Waals surface area contributed by atoms with Crippen LogP contribution in [0.2, 0.25) is 0 Å². The van der Waals surface area contributed by atoms with Gasteiger partial charge in [-0.05, 0) is 30.5 Å². The number of hydrogen-bond donors (Lipinski definition) is 1. The minimum absolute atomic E-state index is 0.0513. The molecule has 0 unspecified atom stereocenters. The lowest BCUT2D eigenvalue weighted by Gasteiger charge is -2.32. The molecule has 1 atom stereocenters. The number of piperidine rings is 1. The topological polar surface area (TPSA) is 87.9 Å². The van der Waals surface area contributed by atoms with Gasteiger partial charge in [0.2, 0.25) is 11.8 Å². The molecule has 1 aromatic carbocycles. The molecule has 0 spiro atoms. The van der Waals surface area contributed by atoms with E-state index in [9.17, 15) is 18.8 Å². The van der Waals surface area contributed by atoms with Gasteiger partial charge in [-0.3, -0.25) is 9.36 Å². The minimum atomic E-state index is -0.981. The Morgan fingerprint density at radius 3 is 2.92 bits per heavy atom. The van der Waals surface area contributed by atoms with Crippen molar-refractivity contribution >= 4 is 5.95 Å². The van der Waals surface area contributed by atoms with Crippen LogP contribution in [0, 0.1) is 23.0 Å². The number of nitriles is 1. The van der Waals surface area contributed by atoms with E-state index in [2.05, 4.69) is 4.98 Å². The maximum absolute atomic E-state index is 13.8. The van der Waals surface area contributed by atoms with Gasteiger partial charge in [0.15, 0.2) is 0 Å². The smallest absolute Gasteiger partial charge is 0.291 e. The predicted octanol–water partition coefficient (Wildman–Crippen LogP) is 1.37. The van der Waals surface area contributed by atoms with E-state index in [1.165, 1.54) is 16.7 Å². The Morgan fingerprint density at radius 1 is 1.40 bits per heavy atom. The van der Waals surface area contributed by atoms with Crippen LogP contribution in [0.5, 0.6) is 0 Å². The van der Waals surface area contributed by atoms with Crippen molar-refractivity contribution in [2.45, 2.75) is 25.4 Å². The monoisotopic (exact) mass is 345 g/mol. The molecule has 2 heterocycles. The molecule has 3 rings (SSSR count). The van der Waals surface area contributed by atoms with Crippen molar-refractivity contribution in [1.29, 1.82) is 5.26 Å². The van der Waals surface area contributed by atoms with E-state index in [1.807, 2.05) is 11.0 Å². The summed E-state index contributed by atoms with van der Waals surface area (Å²) in [6.07, 6.45) is 2.61. The molecule has 130 valence electrons. The van der Waals surface area contributed by atoms with Crippen molar-refractivity contribution in [3.8, 4) is 6.07 Å². The van der Waals surface area contributed by atoms with Crippen molar-refractivity contribution in [2.24, 2.45) is 5.73 Å². The van der Waals surface area contributed by atoms with Crippen molar-refractivity contribution < 1.29 is 8.78 Å². The summed E-state index contributed by atoms with van der Waals surface area (Å²) in [5.41, 5.74) is 5.66. The van der Waals surface area contributed by atoms with E-state index in [1.54, 1.807) is 0 Å². The molecule has 1 aliphatic heterocycles. The molecule has 1 fully saturated rings. The Hall–Kier alpha value is -2.79. The third kappa shape index (κ3) is 3.51. The second-order valence-electron chi connectivity index (χ2n) is 6.06. The van der Waals surface area contributed by atoms with Gasteiger partial charge >= 0.3 is 0 Å². The molecule has 0 radical (unpaired) electrons. The molecule has 0 amide bonds. The standard InChI is InChI=1S/C17H17F2N5O/c18-13-4-3-11(12(6-13)7-20)9-24-16(25)15(19)8-22-17(24)23-5-1-2-14(21)10-23/h3-4,6,8,14H,1-2,5,9-10,21H2/t14-/m1/s1. The normalized spacial score (nSPS) is 17.4. The van der Waals surface area contributed by atoms with E-state index in [-0.39, 0.29) is 18.2 Å². The Labute approximate surface area is 143 Å². The Kier molecular flexibility index (Phi) is 4.76. The highest BCUT2D eigenvalue weighted by atomic mass is 19.1. The van der Waals surface area contributed by atoms with Crippen molar-refractivity contribution in [3.05, 3.63) is 57.5 Å². The molecule has 1 saturated heterocycles. The summed E-state index contributed by atoms with van der Waals surface area (Å²) in [6, 6.07) is 5.54. The summed E-state index contributed by atoms with van der Waals surface area (Å²) in [7, 11) is 0. The van der Waals surface area contributed by atoms with E-state index >= 15 is 0 Å². The van der Waals surface area contributed by atoms with E-state index in [4.69, 9.17) is 5.73 Å². The van der Waals surface area contributed by atoms with Crippen molar-refractivity contribution in [2.75, 3.05) is 18.0 Å². The highest BCUT2D eigenvalue weighted by molar-refractivity contribution is 5.40. The summed E-state index contributed by atoms with van der Waals surface area (Å²) < 4.78 is 28.3. The van der Waals surface area contributed by atoms with Crippen LogP contribution in [0.4, 0.5) is 14.7 Å². The van der Waals surface area contributed by atoms with Crippen LogP contribution in [-0.2, 0) is 6.54 Å². The lowest BCUT2D eigenvalue weighted by atomic mass is 10.1. The van der Waals surface area contributed by atoms with Gasteiger partial charge in [0.25, 0.3) is 5.56 Å². The van der Waals surface area contributed by atoms with E-state index in [0.717, 1.165) is 25.1 Å². The second kappa shape index (κ2) is 6.99. The number of hydrogen-bond acceptors (Lipinski definition) is 5. The quantitative estimate of drug-likeness (QED) is 0.908. The van der Waals surface area contributed by atoms with Gasteiger partial charge < -0.3 is 10.6 Å². The third-order valence-electron chi connectivity index (χ3n) is 4.25. The molecule has 0 saturated carbocycles. The lowest BCUT2D eigenvalue weighted by Crippen LogP contribution is -2.45.